The molecule has 0 saturated heterocycles. The van der Waals surface area contributed by atoms with Crippen molar-refractivity contribution >= 4 is 55.8 Å². The number of hydrogen-bond acceptors (Lipinski definition) is 5. The smallest absolute Gasteiger partial charge is 0.274 e. The first-order valence-electron chi connectivity index (χ1n) is 11.0. The zero-order valence-electron chi connectivity index (χ0n) is 18.7. The van der Waals surface area contributed by atoms with Crippen LogP contribution >= 0.6 is 22.9 Å². The van der Waals surface area contributed by atoms with Gasteiger partial charge in [0.2, 0.25) is 0 Å². The first-order valence-corrected chi connectivity index (χ1v) is 12.2. The molecule has 0 atom stereocenters. The molecule has 0 unspecified atom stereocenters. The SMILES string of the molecule is COc1cc(C=c2sc3nc4ccccc4n3c2=O)cc(Cl)c1OCc1cccc2ccccc12. The maximum absolute atomic E-state index is 13.1. The van der Waals surface area contributed by atoms with E-state index in [0.29, 0.717) is 32.6 Å². The van der Waals surface area contributed by atoms with Crippen molar-refractivity contribution in [3.63, 3.8) is 0 Å². The van der Waals surface area contributed by atoms with E-state index in [-0.39, 0.29) is 5.56 Å². The van der Waals surface area contributed by atoms with Gasteiger partial charge < -0.3 is 9.47 Å². The summed E-state index contributed by atoms with van der Waals surface area (Å²) in [5.41, 5.74) is 3.30. The largest absolute Gasteiger partial charge is 0.493 e. The number of nitrogens with zero attached hydrogens (tertiary/aromatic N) is 2. The Morgan fingerprint density at radius 2 is 1.83 bits per heavy atom. The molecule has 0 aliphatic carbocycles. The summed E-state index contributed by atoms with van der Waals surface area (Å²) in [7, 11) is 1.57. The standard InChI is InChI=1S/C28H19ClN2O3S/c1-33-24-14-17(15-25-27(32)31-23-12-5-4-11-22(23)30-28(31)35-25)13-21(29)26(24)34-16-19-9-6-8-18-7-2-3-10-20(18)19/h2-15H,16H2,1H3. The molecule has 6 rings (SSSR count). The molecule has 0 spiro atoms. The maximum atomic E-state index is 13.1. The van der Waals surface area contributed by atoms with Crippen LogP contribution in [0, 0.1) is 0 Å². The first-order chi connectivity index (χ1) is 17.1. The molecule has 0 aliphatic heterocycles. The minimum absolute atomic E-state index is 0.106. The van der Waals surface area contributed by atoms with Crippen LogP contribution in [0.25, 0.3) is 32.8 Å². The highest BCUT2D eigenvalue weighted by Crippen LogP contribution is 2.37. The fourth-order valence-electron chi connectivity index (χ4n) is 4.29. The molecular formula is C28H19ClN2O3S. The third-order valence-electron chi connectivity index (χ3n) is 5.95. The van der Waals surface area contributed by atoms with Gasteiger partial charge in [0.15, 0.2) is 16.5 Å². The summed E-state index contributed by atoms with van der Waals surface area (Å²) in [6.07, 6.45) is 1.80. The molecule has 0 bridgehead atoms. The molecule has 2 aromatic heterocycles. The van der Waals surface area contributed by atoms with Crippen LogP contribution in [0.15, 0.2) is 83.7 Å². The summed E-state index contributed by atoms with van der Waals surface area (Å²) in [6.45, 7) is 0.348. The molecule has 0 radical (unpaired) electrons. The van der Waals surface area contributed by atoms with Gasteiger partial charge in [-0.3, -0.25) is 4.79 Å². The number of aromatic nitrogens is 2. The average Bonchev–Trinajstić information content (AvgIpc) is 3.39. The predicted molar refractivity (Wildman–Crippen MR) is 142 cm³/mol. The van der Waals surface area contributed by atoms with E-state index < -0.39 is 0 Å². The van der Waals surface area contributed by atoms with Gasteiger partial charge in [-0.1, -0.05) is 77.5 Å². The van der Waals surface area contributed by atoms with Gasteiger partial charge in [-0.05, 0) is 52.2 Å². The third kappa shape index (κ3) is 3.81. The minimum atomic E-state index is -0.106. The first kappa shape index (κ1) is 21.6. The van der Waals surface area contributed by atoms with Gasteiger partial charge >= 0.3 is 0 Å². The second-order valence-electron chi connectivity index (χ2n) is 8.10. The topological polar surface area (TPSA) is 52.8 Å². The normalized spacial score (nSPS) is 12.1. The van der Waals surface area contributed by atoms with Gasteiger partial charge in [0.1, 0.15) is 6.61 Å². The van der Waals surface area contributed by atoms with E-state index in [9.17, 15) is 4.79 Å². The molecule has 0 N–H and O–H groups in total. The van der Waals surface area contributed by atoms with Crippen molar-refractivity contribution in [2.75, 3.05) is 7.11 Å². The number of benzene rings is 4. The summed E-state index contributed by atoms with van der Waals surface area (Å²) in [5, 5.41) is 2.70. The Labute approximate surface area is 209 Å². The molecule has 6 aromatic rings. The van der Waals surface area contributed by atoms with Crippen LogP contribution in [-0.4, -0.2) is 16.5 Å². The highest BCUT2D eigenvalue weighted by Gasteiger charge is 2.14. The quantitative estimate of drug-likeness (QED) is 0.299. The van der Waals surface area contributed by atoms with Gasteiger partial charge in [0.05, 0.1) is 27.7 Å². The van der Waals surface area contributed by atoms with Crippen LogP contribution in [0.5, 0.6) is 11.5 Å². The van der Waals surface area contributed by atoms with Crippen LogP contribution in [-0.2, 0) is 6.61 Å². The molecule has 0 fully saturated rings. The molecule has 35 heavy (non-hydrogen) atoms. The second-order valence-corrected chi connectivity index (χ2v) is 9.51. The fourth-order valence-corrected chi connectivity index (χ4v) is 5.56. The summed E-state index contributed by atoms with van der Waals surface area (Å²) >= 11 is 7.97. The molecule has 0 amide bonds. The lowest BCUT2D eigenvalue weighted by molar-refractivity contribution is 0.286. The van der Waals surface area contributed by atoms with E-state index in [4.69, 9.17) is 21.1 Å². The summed E-state index contributed by atoms with van der Waals surface area (Å²) in [4.78, 5) is 18.3. The Bertz CT molecular complexity index is 1840. The molecule has 4 aromatic carbocycles. The highest BCUT2D eigenvalue weighted by molar-refractivity contribution is 7.15. The zero-order valence-corrected chi connectivity index (χ0v) is 20.3. The molecule has 0 saturated carbocycles. The minimum Gasteiger partial charge on any atom is -0.493 e. The van der Waals surface area contributed by atoms with Crippen LogP contribution in [0.1, 0.15) is 11.1 Å². The number of thiazole rings is 1. The number of para-hydroxylation sites is 2. The van der Waals surface area contributed by atoms with Gasteiger partial charge in [0.25, 0.3) is 5.56 Å². The Kier molecular flexibility index (Phi) is 5.40. The van der Waals surface area contributed by atoms with Crippen molar-refractivity contribution in [2.24, 2.45) is 0 Å². The summed E-state index contributed by atoms with van der Waals surface area (Å²) in [6, 6.07) is 25.5. The number of fused-ring (bicyclic) bond motifs is 4. The van der Waals surface area contributed by atoms with Crippen molar-refractivity contribution in [2.45, 2.75) is 6.61 Å². The van der Waals surface area contributed by atoms with E-state index >= 15 is 0 Å². The molecule has 5 nitrogen and oxygen atoms in total. The Hall–Kier alpha value is -3.87. The molecule has 0 aliphatic rings. The lowest BCUT2D eigenvalue weighted by Crippen LogP contribution is -2.22. The Balaban J connectivity index is 1.36. The number of ether oxygens (including phenoxy) is 2. The predicted octanol–water partition coefficient (Wildman–Crippen LogP) is 5.85. The van der Waals surface area contributed by atoms with E-state index in [1.54, 1.807) is 23.7 Å². The van der Waals surface area contributed by atoms with Crippen LogP contribution in [0.4, 0.5) is 0 Å². The molecule has 172 valence electrons. The molecule has 7 heteroatoms. The summed E-state index contributed by atoms with van der Waals surface area (Å²) < 4.78 is 13.9. The number of imidazole rings is 1. The maximum Gasteiger partial charge on any atom is 0.274 e. The zero-order chi connectivity index (χ0) is 23.9. The fraction of sp³-hybridized carbons (Fsp3) is 0.0714. The third-order valence-corrected chi connectivity index (χ3v) is 7.20. The van der Waals surface area contributed by atoms with Crippen LogP contribution in [0.3, 0.4) is 0 Å². The van der Waals surface area contributed by atoms with E-state index in [1.807, 2.05) is 54.6 Å². The molecule has 2 heterocycles. The molecular weight excluding hydrogens is 480 g/mol. The van der Waals surface area contributed by atoms with Gasteiger partial charge in [0, 0.05) is 0 Å². The summed E-state index contributed by atoms with van der Waals surface area (Å²) in [5.74, 6) is 0.969. The van der Waals surface area contributed by atoms with Crippen molar-refractivity contribution in [1.29, 1.82) is 0 Å². The van der Waals surface area contributed by atoms with E-state index in [0.717, 1.165) is 32.9 Å². The highest BCUT2D eigenvalue weighted by atomic mass is 35.5. The Morgan fingerprint density at radius 3 is 2.71 bits per heavy atom. The number of methoxy groups -OCH3 is 1. The number of halogens is 1. The van der Waals surface area contributed by atoms with Crippen LogP contribution in [0.2, 0.25) is 5.02 Å². The number of hydrogen-bond donors (Lipinski definition) is 0. The van der Waals surface area contributed by atoms with Crippen LogP contribution < -0.4 is 19.6 Å². The van der Waals surface area contributed by atoms with Crippen molar-refractivity contribution in [3.8, 4) is 11.5 Å². The van der Waals surface area contributed by atoms with Crippen molar-refractivity contribution < 1.29 is 9.47 Å². The van der Waals surface area contributed by atoms with Crippen molar-refractivity contribution in [1.82, 2.24) is 9.38 Å². The van der Waals surface area contributed by atoms with Crippen molar-refractivity contribution in [3.05, 3.63) is 110 Å². The van der Waals surface area contributed by atoms with Gasteiger partial charge in [-0.15, -0.1) is 0 Å². The monoisotopic (exact) mass is 498 g/mol. The van der Waals surface area contributed by atoms with Gasteiger partial charge in [-0.2, -0.15) is 0 Å². The second kappa shape index (κ2) is 8.73. The van der Waals surface area contributed by atoms with E-state index in [1.165, 1.54) is 11.3 Å². The Morgan fingerprint density at radius 1 is 1.03 bits per heavy atom. The average molecular weight is 499 g/mol. The van der Waals surface area contributed by atoms with Gasteiger partial charge in [-0.25, -0.2) is 9.38 Å². The number of rotatable bonds is 5. The lowest BCUT2D eigenvalue weighted by atomic mass is 10.1. The van der Waals surface area contributed by atoms with E-state index in [2.05, 4.69) is 23.2 Å². The lowest BCUT2D eigenvalue weighted by Gasteiger charge is -2.14.